The van der Waals surface area contributed by atoms with Crippen LogP contribution in [0.25, 0.3) is 11.1 Å². The van der Waals surface area contributed by atoms with Gasteiger partial charge in [-0.25, -0.2) is 4.98 Å². The Bertz CT molecular complexity index is 514. The van der Waals surface area contributed by atoms with Gasteiger partial charge in [-0.2, -0.15) is 0 Å². The van der Waals surface area contributed by atoms with Crippen LogP contribution in [0.3, 0.4) is 0 Å². The van der Waals surface area contributed by atoms with Crippen molar-refractivity contribution in [1.82, 2.24) is 4.98 Å². The minimum atomic E-state index is 0.475. The van der Waals surface area contributed by atoms with Crippen molar-refractivity contribution in [1.29, 1.82) is 0 Å². The fourth-order valence-corrected chi connectivity index (χ4v) is 1.98. The number of hydrogen-bond donors (Lipinski definition) is 1. The first-order valence-electron chi connectivity index (χ1n) is 4.77. The van der Waals surface area contributed by atoms with Crippen molar-refractivity contribution in [3.8, 4) is 16.9 Å². The van der Waals surface area contributed by atoms with E-state index in [2.05, 4.69) is 20.9 Å². The molecular weight excluding hydrogens is 268 g/mol. The number of aromatic nitrogens is 1. The molecule has 0 unspecified atom stereocenters. The predicted octanol–water partition coefficient (Wildman–Crippen LogP) is 3.10. The standard InChI is InChI=1S/C12H11BrN2O/c1-16-10-5-3-2-4-8(10)9-6-7-15-12(14)11(9)13/h2-7H,1H3,(H2,14,15). The summed E-state index contributed by atoms with van der Waals surface area (Å²) in [4.78, 5) is 4.01. The van der Waals surface area contributed by atoms with E-state index in [1.54, 1.807) is 13.3 Å². The molecule has 0 atom stereocenters. The van der Waals surface area contributed by atoms with Crippen molar-refractivity contribution in [2.24, 2.45) is 0 Å². The zero-order valence-corrected chi connectivity index (χ0v) is 10.4. The van der Waals surface area contributed by atoms with Crippen molar-refractivity contribution in [3.63, 3.8) is 0 Å². The molecule has 16 heavy (non-hydrogen) atoms. The summed E-state index contributed by atoms with van der Waals surface area (Å²) >= 11 is 3.44. The molecule has 0 saturated carbocycles. The van der Waals surface area contributed by atoms with Crippen LogP contribution in [0.2, 0.25) is 0 Å². The highest BCUT2D eigenvalue weighted by Crippen LogP contribution is 2.36. The maximum Gasteiger partial charge on any atom is 0.138 e. The molecule has 1 heterocycles. The number of nitrogens with two attached hydrogens (primary N) is 1. The van der Waals surface area contributed by atoms with Gasteiger partial charge in [-0.1, -0.05) is 18.2 Å². The lowest BCUT2D eigenvalue weighted by atomic mass is 10.1. The smallest absolute Gasteiger partial charge is 0.138 e. The number of hydrogen-bond acceptors (Lipinski definition) is 3. The summed E-state index contributed by atoms with van der Waals surface area (Å²) in [6.07, 6.45) is 1.68. The Morgan fingerprint density at radius 3 is 2.69 bits per heavy atom. The Kier molecular flexibility index (Phi) is 3.10. The molecule has 0 aliphatic rings. The second-order valence-corrected chi connectivity index (χ2v) is 4.05. The molecule has 1 aromatic carbocycles. The van der Waals surface area contributed by atoms with E-state index in [0.717, 1.165) is 21.3 Å². The average Bonchev–Trinajstić information content (AvgIpc) is 2.33. The highest BCUT2D eigenvalue weighted by molar-refractivity contribution is 9.10. The van der Waals surface area contributed by atoms with Crippen molar-refractivity contribution in [2.45, 2.75) is 0 Å². The van der Waals surface area contributed by atoms with Gasteiger partial charge in [0.05, 0.1) is 11.6 Å². The van der Waals surface area contributed by atoms with E-state index in [0.29, 0.717) is 5.82 Å². The summed E-state index contributed by atoms with van der Waals surface area (Å²) in [5.74, 6) is 1.29. The van der Waals surface area contributed by atoms with Crippen LogP contribution in [0, 0.1) is 0 Å². The number of para-hydroxylation sites is 1. The lowest BCUT2D eigenvalue weighted by Crippen LogP contribution is -1.94. The summed E-state index contributed by atoms with van der Waals surface area (Å²) in [5, 5.41) is 0. The van der Waals surface area contributed by atoms with Crippen LogP contribution in [0.5, 0.6) is 5.75 Å². The van der Waals surface area contributed by atoms with Crippen LogP contribution in [-0.4, -0.2) is 12.1 Å². The molecule has 0 amide bonds. The van der Waals surface area contributed by atoms with Gasteiger partial charge in [-0.15, -0.1) is 0 Å². The third-order valence-electron chi connectivity index (χ3n) is 2.31. The number of nitrogen functional groups attached to an aromatic ring is 1. The van der Waals surface area contributed by atoms with Crippen LogP contribution in [-0.2, 0) is 0 Å². The van der Waals surface area contributed by atoms with E-state index in [-0.39, 0.29) is 0 Å². The second-order valence-electron chi connectivity index (χ2n) is 3.26. The van der Waals surface area contributed by atoms with E-state index < -0.39 is 0 Å². The van der Waals surface area contributed by atoms with Crippen LogP contribution >= 0.6 is 15.9 Å². The Morgan fingerprint density at radius 1 is 1.19 bits per heavy atom. The second kappa shape index (κ2) is 4.53. The van der Waals surface area contributed by atoms with Gasteiger partial charge in [0.1, 0.15) is 11.6 Å². The van der Waals surface area contributed by atoms with E-state index in [1.807, 2.05) is 30.3 Å². The van der Waals surface area contributed by atoms with Crippen LogP contribution in [0.4, 0.5) is 5.82 Å². The van der Waals surface area contributed by atoms with Crippen LogP contribution in [0.15, 0.2) is 41.0 Å². The van der Waals surface area contributed by atoms with Crippen molar-refractivity contribution < 1.29 is 4.74 Å². The molecule has 2 N–H and O–H groups in total. The molecule has 3 nitrogen and oxygen atoms in total. The Hall–Kier alpha value is -1.55. The molecule has 2 aromatic rings. The van der Waals surface area contributed by atoms with Gasteiger partial charge in [0.25, 0.3) is 0 Å². The molecule has 0 aliphatic carbocycles. The van der Waals surface area contributed by atoms with Gasteiger partial charge in [-0.3, -0.25) is 0 Å². The summed E-state index contributed by atoms with van der Waals surface area (Å²) in [6.45, 7) is 0. The molecule has 0 spiro atoms. The topological polar surface area (TPSA) is 48.1 Å². The van der Waals surface area contributed by atoms with Crippen LogP contribution in [0.1, 0.15) is 0 Å². The number of halogens is 1. The highest BCUT2D eigenvalue weighted by Gasteiger charge is 2.10. The third kappa shape index (κ3) is 1.88. The molecule has 0 fully saturated rings. The lowest BCUT2D eigenvalue weighted by molar-refractivity contribution is 0.416. The van der Waals surface area contributed by atoms with Crippen molar-refractivity contribution >= 4 is 21.7 Å². The van der Waals surface area contributed by atoms with Gasteiger partial charge in [0.15, 0.2) is 0 Å². The summed E-state index contributed by atoms with van der Waals surface area (Å²) in [6, 6.07) is 9.69. The van der Waals surface area contributed by atoms with Crippen molar-refractivity contribution in [3.05, 3.63) is 41.0 Å². The molecule has 2 rings (SSSR count). The van der Waals surface area contributed by atoms with Gasteiger partial charge < -0.3 is 10.5 Å². The molecular formula is C12H11BrN2O. The number of rotatable bonds is 2. The minimum absolute atomic E-state index is 0.475. The van der Waals surface area contributed by atoms with E-state index >= 15 is 0 Å². The SMILES string of the molecule is COc1ccccc1-c1ccnc(N)c1Br. The molecule has 0 aliphatic heterocycles. The molecule has 82 valence electrons. The van der Waals surface area contributed by atoms with E-state index in [1.165, 1.54) is 0 Å². The van der Waals surface area contributed by atoms with Crippen LogP contribution < -0.4 is 10.5 Å². The summed E-state index contributed by atoms with van der Waals surface area (Å²) in [7, 11) is 1.65. The first-order chi connectivity index (χ1) is 7.74. The number of anilines is 1. The van der Waals surface area contributed by atoms with Gasteiger partial charge in [0.2, 0.25) is 0 Å². The average molecular weight is 279 g/mol. The number of benzene rings is 1. The zero-order chi connectivity index (χ0) is 11.5. The highest BCUT2D eigenvalue weighted by atomic mass is 79.9. The van der Waals surface area contributed by atoms with Gasteiger partial charge >= 0.3 is 0 Å². The Labute approximate surface area is 102 Å². The molecule has 0 bridgehead atoms. The van der Waals surface area contributed by atoms with E-state index in [4.69, 9.17) is 10.5 Å². The summed E-state index contributed by atoms with van der Waals surface area (Å²) < 4.78 is 6.10. The number of methoxy groups -OCH3 is 1. The maximum absolute atomic E-state index is 5.75. The lowest BCUT2D eigenvalue weighted by Gasteiger charge is -2.10. The molecule has 0 radical (unpaired) electrons. The Balaban J connectivity index is 2.63. The monoisotopic (exact) mass is 278 g/mol. The molecule has 0 saturated heterocycles. The molecule has 1 aromatic heterocycles. The summed E-state index contributed by atoms with van der Waals surface area (Å²) in [5.41, 5.74) is 7.72. The minimum Gasteiger partial charge on any atom is -0.496 e. The van der Waals surface area contributed by atoms with Gasteiger partial charge in [0, 0.05) is 17.3 Å². The Morgan fingerprint density at radius 2 is 1.94 bits per heavy atom. The fourth-order valence-electron chi connectivity index (χ4n) is 1.54. The molecule has 4 heteroatoms. The first kappa shape index (κ1) is 11.0. The predicted molar refractivity (Wildman–Crippen MR) is 68.3 cm³/mol. The van der Waals surface area contributed by atoms with Gasteiger partial charge in [-0.05, 0) is 28.1 Å². The van der Waals surface area contributed by atoms with E-state index in [9.17, 15) is 0 Å². The number of pyridine rings is 1. The fraction of sp³-hybridized carbons (Fsp3) is 0.0833. The first-order valence-corrected chi connectivity index (χ1v) is 5.56. The third-order valence-corrected chi connectivity index (χ3v) is 3.15. The largest absolute Gasteiger partial charge is 0.496 e. The maximum atomic E-state index is 5.75. The number of nitrogens with zero attached hydrogens (tertiary/aromatic N) is 1. The van der Waals surface area contributed by atoms with Crippen molar-refractivity contribution in [2.75, 3.05) is 12.8 Å². The normalized spacial score (nSPS) is 10.1. The number of ether oxygens (including phenoxy) is 1. The quantitative estimate of drug-likeness (QED) is 0.918. The zero-order valence-electron chi connectivity index (χ0n) is 8.77.